The number of fused-ring (bicyclic) bond motifs is 1. The maximum atomic E-state index is 11.3. The van der Waals surface area contributed by atoms with E-state index in [0.717, 1.165) is 5.56 Å². The molecule has 2 aromatic rings. The van der Waals surface area contributed by atoms with Crippen LogP contribution in [-0.2, 0) is 0 Å². The number of aromatic nitrogens is 1. The standard InChI is InChI=1S/C16H12N4O2/c1-8-11(6-17)15(12(7-18)9(2)19-8)10-3-4-13-14(5-10)22-16(21)20-13/h3-5,11,15H,1-2H3,(H,20,21). The van der Waals surface area contributed by atoms with Crippen molar-refractivity contribution in [3.8, 4) is 12.1 Å². The molecule has 2 unspecified atom stereocenters. The summed E-state index contributed by atoms with van der Waals surface area (Å²) < 4.78 is 5.07. The van der Waals surface area contributed by atoms with Crippen LogP contribution in [0.3, 0.4) is 0 Å². The van der Waals surface area contributed by atoms with Gasteiger partial charge < -0.3 is 4.42 Å². The first kappa shape index (κ1) is 13.8. The zero-order chi connectivity index (χ0) is 15.9. The zero-order valence-electron chi connectivity index (χ0n) is 12.0. The van der Waals surface area contributed by atoms with E-state index in [0.29, 0.717) is 28.1 Å². The Kier molecular flexibility index (Phi) is 3.15. The van der Waals surface area contributed by atoms with Crippen LogP contribution >= 0.6 is 0 Å². The number of aromatic amines is 1. The molecule has 0 saturated heterocycles. The molecule has 3 rings (SSSR count). The monoisotopic (exact) mass is 292 g/mol. The Bertz CT molecular complexity index is 962. The summed E-state index contributed by atoms with van der Waals surface area (Å²) in [7, 11) is 0. The molecule has 0 bridgehead atoms. The van der Waals surface area contributed by atoms with Crippen LogP contribution in [0.1, 0.15) is 25.3 Å². The molecule has 1 aliphatic heterocycles. The first-order valence-electron chi connectivity index (χ1n) is 6.73. The van der Waals surface area contributed by atoms with Gasteiger partial charge in [-0.15, -0.1) is 0 Å². The lowest BCUT2D eigenvalue weighted by molar-refractivity contribution is 0.554. The van der Waals surface area contributed by atoms with Gasteiger partial charge in [-0.3, -0.25) is 9.98 Å². The first-order valence-corrected chi connectivity index (χ1v) is 6.73. The molecule has 1 aromatic carbocycles. The number of nitriles is 2. The van der Waals surface area contributed by atoms with Crippen molar-refractivity contribution in [2.75, 3.05) is 0 Å². The Morgan fingerprint density at radius 2 is 2.09 bits per heavy atom. The van der Waals surface area contributed by atoms with E-state index in [1.165, 1.54) is 0 Å². The minimum atomic E-state index is -0.530. The smallest absolute Gasteiger partial charge is 0.408 e. The Hall–Kier alpha value is -3.12. The number of benzene rings is 1. The fourth-order valence-corrected chi connectivity index (χ4v) is 2.86. The van der Waals surface area contributed by atoms with Gasteiger partial charge in [0, 0.05) is 11.6 Å². The second kappa shape index (κ2) is 5.01. The molecule has 2 heterocycles. The summed E-state index contributed by atoms with van der Waals surface area (Å²) in [4.78, 5) is 18.1. The third-order valence-electron chi connectivity index (χ3n) is 3.89. The maximum Gasteiger partial charge on any atom is 0.417 e. The van der Waals surface area contributed by atoms with E-state index in [4.69, 9.17) is 4.42 Å². The molecule has 6 nitrogen and oxygen atoms in total. The number of allylic oxidation sites excluding steroid dienone is 2. The van der Waals surface area contributed by atoms with E-state index in [2.05, 4.69) is 22.1 Å². The summed E-state index contributed by atoms with van der Waals surface area (Å²) in [5, 5.41) is 18.9. The van der Waals surface area contributed by atoms with Crippen LogP contribution in [0, 0.1) is 28.6 Å². The minimum Gasteiger partial charge on any atom is -0.408 e. The van der Waals surface area contributed by atoms with Crippen molar-refractivity contribution in [1.82, 2.24) is 4.98 Å². The van der Waals surface area contributed by atoms with E-state index >= 15 is 0 Å². The normalized spacial score (nSPS) is 21.4. The van der Waals surface area contributed by atoms with E-state index < -0.39 is 17.6 Å². The number of oxazole rings is 1. The predicted octanol–water partition coefficient (Wildman–Crippen LogP) is 2.62. The molecule has 0 radical (unpaired) electrons. The summed E-state index contributed by atoms with van der Waals surface area (Å²) in [5.41, 5.74) is 3.52. The van der Waals surface area contributed by atoms with Crippen molar-refractivity contribution in [3.05, 3.63) is 45.6 Å². The van der Waals surface area contributed by atoms with E-state index in [9.17, 15) is 15.3 Å². The highest BCUT2D eigenvalue weighted by atomic mass is 16.4. The lowest BCUT2D eigenvalue weighted by atomic mass is 9.77. The van der Waals surface area contributed by atoms with E-state index in [-0.39, 0.29) is 0 Å². The highest BCUT2D eigenvalue weighted by Crippen LogP contribution is 2.38. The van der Waals surface area contributed by atoms with Gasteiger partial charge in [-0.05, 0) is 31.5 Å². The molecule has 2 atom stereocenters. The second-order valence-electron chi connectivity index (χ2n) is 5.22. The molecule has 0 saturated carbocycles. The van der Waals surface area contributed by atoms with Crippen molar-refractivity contribution < 1.29 is 4.42 Å². The zero-order valence-corrected chi connectivity index (χ0v) is 12.0. The van der Waals surface area contributed by atoms with Gasteiger partial charge in [-0.2, -0.15) is 10.5 Å². The predicted molar refractivity (Wildman–Crippen MR) is 80.1 cm³/mol. The molecule has 1 aliphatic rings. The Morgan fingerprint density at radius 1 is 1.32 bits per heavy atom. The quantitative estimate of drug-likeness (QED) is 0.871. The van der Waals surface area contributed by atoms with Gasteiger partial charge in [0.15, 0.2) is 5.58 Å². The van der Waals surface area contributed by atoms with Gasteiger partial charge in [0.2, 0.25) is 0 Å². The first-order chi connectivity index (χ1) is 10.5. The lowest BCUT2D eigenvalue weighted by Crippen LogP contribution is -2.24. The summed E-state index contributed by atoms with van der Waals surface area (Å²) in [6.45, 7) is 3.55. The molecular formula is C16H12N4O2. The number of nitrogens with one attached hydrogen (secondary N) is 1. The number of H-pyrrole nitrogens is 1. The summed E-state index contributed by atoms with van der Waals surface area (Å²) >= 11 is 0. The molecule has 0 amide bonds. The van der Waals surface area contributed by atoms with Gasteiger partial charge in [0.1, 0.15) is 0 Å². The van der Waals surface area contributed by atoms with Crippen LogP contribution in [0.2, 0.25) is 0 Å². The highest BCUT2D eigenvalue weighted by Gasteiger charge is 2.34. The molecule has 108 valence electrons. The van der Waals surface area contributed by atoms with Gasteiger partial charge in [-0.1, -0.05) is 6.07 Å². The molecule has 0 spiro atoms. The fourth-order valence-electron chi connectivity index (χ4n) is 2.86. The molecule has 0 aliphatic carbocycles. The molecule has 1 N–H and O–H groups in total. The molecule has 0 fully saturated rings. The van der Waals surface area contributed by atoms with Crippen LogP contribution in [0.5, 0.6) is 0 Å². The largest absolute Gasteiger partial charge is 0.417 e. The summed E-state index contributed by atoms with van der Waals surface area (Å²) in [6.07, 6.45) is 0. The SMILES string of the molecule is CC1=NC(C)=C(C#N)C(c2ccc3[nH]c(=O)oc3c2)C1C#N. The van der Waals surface area contributed by atoms with Crippen molar-refractivity contribution >= 4 is 16.8 Å². The molecule has 6 heteroatoms. The number of aliphatic imine (C=N–C) groups is 1. The van der Waals surface area contributed by atoms with Crippen LogP contribution in [-0.4, -0.2) is 10.7 Å². The van der Waals surface area contributed by atoms with Crippen molar-refractivity contribution in [1.29, 1.82) is 10.5 Å². The second-order valence-corrected chi connectivity index (χ2v) is 5.22. The topological polar surface area (TPSA) is 106 Å². The van der Waals surface area contributed by atoms with E-state index in [1.807, 2.05) is 0 Å². The summed E-state index contributed by atoms with van der Waals surface area (Å²) in [6, 6.07) is 9.60. The Morgan fingerprint density at radius 3 is 2.77 bits per heavy atom. The molecular weight excluding hydrogens is 280 g/mol. The van der Waals surface area contributed by atoms with Gasteiger partial charge in [0.05, 0.1) is 34.8 Å². The third-order valence-corrected chi connectivity index (χ3v) is 3.89. The van der Waals surface area contributed by atoms with Crippen LogP contribution in [0.25, 0.3) is 11.1 Å². The fraction of sp³-hybridized carbons (Fsp3) is 0.250. The van der Waals surface area contributed by atoms with Crippen molar-refractivity contribution in [2.45, 2.75) is 19.8 Å². The van der Waals surface area contributed by atoms with Crippen molar-refractivity contribution in [2.24, 2.45) is 10.9 Å². The lowest BCUT2D eigenvalue weighted by Gasteiger charge is -2.26. The van der Waals surface area contributed by atoms with Crippen LogP contribution < -0.4 is 5.76 Å². The Balaban J connectivity index is 2.21. The number of rotatable bonds is 1. The Labute approximate surface area is 126 Å². The highest BCUT2D eigenvalue weighted by molar-refractivity contribution is 5.90. The van der Waals surface area contributed by atoms with Crippen LogP contribution in [0.4, 0.5) is 0 Å². The summed E-state index contributed by atoms with van der Waals surface area (Å²) in [5.74, 6) is -1.45. The average molecular weight is 292 g/mol. The number of nitrogens with zero attached hydrogens (tertiary/aromatic N) is 3. The van der Waals surface area contributed by atoms with Crippen LogP contribution in [0.15, 0.2) is 43.7 Å². The molecule has 1 aromatic heterocycles. The number of hydrogen-bond donors (Lipinski definition) is 1. The minimum absolute atomic E-state index is 0.405. The average Bonchev–Trinajstić information content (AvgIpc) is 2.85. The van der Waals surface area contributed by atoms with Gasteiger partial charge in [-0.25, -0.2) is 4.79 Å². The number of hydrogen-bond acceptors (Lipinski definition) is 5. The van der Waals surface area contributed by atoms with Gasteiger partial charge in [0.25, 0.3) is 0 Å². The van der Waals surface area contributed by atoms with Crippen molar-refractivity contribution in [3.63, 3.8) is 0 Å². The molecule has 22 heavy (non-hydrogen) atoms. The maximum absolute atomic E-state index is 11.3. The third kappa shape index (κ3) is 2.02. The van der Waals surface area contributed by atoms with Gasteiger partial charge >= 0.3 is 5.76 Å². The van der Waals surface area contributed by atoms with E-state index in [1.54, 1.807) is 32.0 Å².